The second-order valence-corrected chi connectivity index (χ2v) is 10.4. The third-order valence-electron chi connectivity index (χ3n) is 8.64. The van der Waals surface area contributed by atoms with Gasteiger partial charge in [0.05, 0.1) is 0 Å². The van der Waals surface area contributed by atoms with Gasteiger partial charge in [-0.3, -0.25) is 0 Å². The van der Waals surface area contributed by atoms with E-state index in [1.54, 1.807) is 0 Å². The highest BCUT2D eigenvalue weighted by atomic mass is 14.3. The summed E-state index contributed by atoms with van der Waals surface area (Å²) in [4.78, 5) is 0. The van der Waals surface area contributed by atoms with Crippen molar-refractivity contribution < 1.29 is 0 Å². The first-order chi connectivity index (χ1) is 17.9. The standard InChI is InChI=1S/C36H22/c1-3-9-27-21(7-1)13-15-23-19-25-17-18-26-20-24-16-14-22-8-2-4-10-28(22)32(24)36-30-12-6-5-11-29(30)35(31(23)27)33(25)34(26)36/h1-18H,19-20H2. The normalized spacial score (nSPS) is 13.3. The lowest BCUT2D eigenvalue weighted by atomic mass is 9.72. The van der Waals surface area contributed by atoms with Crippen molar-refractivity contribution in [1.82, 2.24) is 0 Å². The summed E-state index contributed by atoms with van der Waals surface area (Å²) in [7, 11) is 0. The summed E-state index contributed by atoms with van der Waals surface area (Å²) in [5, 5.41) is 11.1. The Morgan fingerprint density at radius 1 is 0.306 bits per heavy atom. The molecule has 0 unspecified atom stereocenters. The zero-order chi connectivity index (χ0) is 23.4. The lowest BCUT2D eigenvalue weighted by Crippen LogP contribution is -2.09. The molecule has 0 N–H and O–H groups in total. The molecule has 0 amide bonds. The van der Waals surface area contributed by atoms with Crippen molar-refractivity contribution in [3.05, 3.63) is 131 Å². The van der Waals surface area contributed by atoms with Crippen LogP contribution in [0.3, 0.4) is 0 Å². The average molecular weight is 455 g/mol. The van der Waals surface area contributed by atoms with Gasteiger partial charge in [0.15, 0.2) is 0 Å². The fourth-order valence-electron chi connectivity index (χ4n) is 7.19. The highest BCUT2D eigenvalue weighted by molar-refractivity contribution is 6.28. The van der Waals surface area contributed by atoms with E-state index in [4.69, 9.17) is 0 Å². The molecule has 0 nitrogen and oxygen atoms in total. The van der Waals surface area contributed by atoms with Gasteiger partial charge >= 0.3 is 0 Å². The Morgan fingerprint density at radius 3 is 1.17 bits per heavy atom. The van der Waals surface area contributed by atoms with E-state index in [2.05, 4.69) is 109 Å². The zero-order valence-corrected chi connectivity index (χ0v) is 19.8. The van der Waals surface area contributed by atoms with Gasteiger partial charge in [-0.05, 0) is 100 Å². The minimum atomic E-state index is 0.990. The van der Waals surface area contributed by atoms with Crippen LogP contribution in [-0.2, 0) is 12.8 Å². The van der Waals surface area contributed by atoms with Crippen molar-refractivity contribution in [2.24, 2.45) is 0 Å². The van der Waals surface area contributed by atoms with Gasteiger partial charge in [-0.1, -0.05) is 109 Å². The van der Waals surface area contributed by atoms with Gasteiger partial charge in [0.1, 0.15) is 0 Å². The van der Waals surface area contributed by atoms with Crippen molar-refractivity contribution in [2.75, 3.05) is 0 Å². The van der Waals surface area contributed by atoms with Crippen LogP contribution in [0.1, 0.15) is 22.3 Å². The summed E-state index contributed by atoms with van der Waals surface area (Å²) in [5.41, 5.74) is 11.5. The summed E-state index contributed by atoms with van der Waals surface area (Å²) in [6.45, 7) is 0. The number of benzene rings is 7. The average Bonchev–Trinajstić information content (AvgIpc) is 2.94. The lowest BCUT2D eigenvalue weighted by molar-refractivity contribution is 1.17. The van der Waals surface area contributed by atoms with Crippen molar-refractivity contribution in [3.8, 4) is 22.3 Å². The third kappa shape index (κ3) is 2.25. The fourth-order valence-corrected chi connectivity index (χ4v) is 7.19. The molecule has 9 rings (SSSR count). The van der Waals surface area contributed by atoms with E-state index >= 15 is 0 Å². The summed E-state index contributed by atoms with van der Waals surface area (Å²) in [5.74, 6) is 0. The summed E-state index contributed by atoms with van der Waals surface area (Å²) < 4.78 is 0. The van der Waals surface area contributed by atoms with Gasteiger partial charge in [0.2, 0.25) is 0 Å². The molecule has 0 aromatic heterocycles. The van der Waals surface area contributed by atoms with Crippen LogP contribution in [0, 0.1) is 0 Å². The maximum absolute atomic E-state index is 2.41. The highest BCUT2D eigenvalue weighted by Gasteiger charge is 2.30. The fraction of sp³-hybridized carbons (Fsp3) is 0.0556. The lowest BCUT2D eigenvalue weighted by Gasteiger charge is -2.31. The van der Waals surface area contributed by atoms with E-state index in [9.17, 15) is 0 Å². The topological polar surface area (TPSA) is 0 Å². The molecule has 2 aliphatic carbocycles. The first-order valence-electron chi connectivity index (χ1n) is 12.9. The molecule has 0 fully saturated rings. The van der Waals surface area contributed by atoms with E-state index < -0.39 is 0 Å². The predicted molar refractivity (Wildman–Crippen MR) is 153 cm³/mol. The molecule has 0 spiro atoms. The van der Waals surface area contributed by atoms with Crippen molar-refractivity contribution in [1.29, 1.82) is 0 Å². The molecule has 0 saturated carbocycles. The summed E-state index contributed by atoms with van der Waals surface area (Å²) in [6, 6.07) is 41.1. The first-order valence-corrected chi connectivity index (χ1v) is 12.9. The monoisotopic (exact) mass is 454 g/mol. The van der Waals surface area contributed by atoms with Crippen LogP contribution in [0.2, 0.25) is 0 Å². The van der Waals surface area contributed by atoms with Crippen LogP contribution in [0.25, 0.3) is 65.3 Å². The van der Waals surface area contributed by atoms with E-state index in [1.807, 2.05) is 0 Å². The molecule has 7 aromatic rings. The molecule has 0 aliphatic heterocycles. The van der Waals surface area contributed by atoms with Crippen molar-refractivity contribution >= 4 is 43.1 Å². The van der Waals surface area contributed by atoms with E-state index in [0.29, 0.717) is 0 Å². The summed E-state index contributed by atoms with van der Waals surface area (Å²) in [6.07, 6.45) is 1.98. The van der Waals surface area contributed by atoms with Gasteiger partial charge < -0.3 is 0 Å². The third-order valence-corrected chi connectivity index (χ3v) is 8.64. The Labute approximate surface area is 209 Å². The van der Waals surface area contributed by atoms with Crippen LogP contribution in [0.4, 0.5) is 0 Å². The molecule has 166 valence electrons. The highest BCUT2D eigenvalue weighted by Crippen LogP contribution is 2.54. The predicted octanol–water partition coefficient (Wildman–Crippen LogP) is 9.44. The SMILES string of the molecule is c1ccc2c3c(ccc2c1)Cc1ccc2c4c(c5ccccc5c-3c14)-c1c(ccc3ccccc13)C2. The smallest absolute Gasteiger partial charge is 0.00130 e. The van der Waals surface area contributed by atoms with Crippen molar-refractivity contribution in [3.63, 3.8) is 0 Å². The Bertz CT molecular complexity index is 1940. The second-order valence-electron chi connectivity index (χ2n) is 10.4. The van der Waals surface area contributed by atoms with E-state index in [1.165, 1.54) is 87.6 Å². The van der Waals surface area contributed by atoms with Crippen LogP contribution in [0.15, 0.2) is 109 Å². The van der Waals surface area contributed by atoms with Gasteiger partial charge in [0.25, 0.3) is 0 Å². The summed E-state index contributed by atoms with van der Waals surface area (Å²) >= 11 is 0. The Balaban J connectivity index is 1.57. The van der Waals surface area contributed by atoms with Crippen LogP contribution in [-0.4, -0.2) is 0 Å². The minimum Gasteiger partial charge on any atom is -0.0616 e. The Morgan fingerprint density at radius 2 is 0.694 bits per heavy atom. The maximum Gasteiger partial charge on any atom is -0.00130 e. The zero-order valence-electron chi connectivity index (χ0n) is 19.8. The number of hydrogen-bond acceptors (Lipinski definition) is 0. The Hall–Kier alpha value is -4.42. The van der Waals surface area contributed by atoms with Crippen molar-refractivity contribution in [2.45, 2.75) is 12.8 Å². The van der Waals surface area contributed by atoms with Gasteiger partial charge in [0, 0.05) is 0 Å². The molecule has 36 heavy (non-hydrogen) atoms. The molecule has 0 heteroatoms. The molecule has 0 heterocycles. The molecule has 0 bridgehead atoms. The minimum absolute atomic E-state index is 0.990. The quantitative estimate of drug-likeness (QED) is 0.200. The van der Waals surface area contributed by atoms with Gasteiger partial charge in [-0.2, -0.15) is 0 Å². The number of hydrogen-bond donors (Lipinski definition) is 0. The first kappa shape index (κ1) is 18.9. The molecule has 0 atom stereocenters. The van der Waals surface area contributed by atoms with E-state index in [-0.39, 0.29) is 0 Å². The van der Waals surface area contributed by atoms with Crippen LogP contribution in [0.5, 0.6) is 0 Å². The van der Waals surface area contributed by atoms with Crippen LogP contribution < -0.4 is 0 Å². The van der Waals surface area contributed by atoms with Gasteiger partial charge in [-0.15, -0.1) is 0 Å². The molecular weight excluding hydrogens is 432 g/mol. The molecule has 7 aromatic carbocycles. The largest absolute Gasteiger partial charge is 0.0616 e. The van der Waals surface area contributed by atoms with E-state index in [0.717, 1.165) is 12.8 Å². The number of fused-ring (bicyclic) bond motifs is 11. The maximum atomic E-state index is 2.41. The van der Waals surface area contributed by atoms with Crippen LogP contribution >= 0.6 is 0 Å². The molecule has 2 aliphatic rings. The number of rotatable bonds is 0. The van der Waals surface area contributed by atoms with Gasteiger partial charge in [-0.25, -0.2) is 0 Å². The molecule has 0 saturated heterocycles. The second kappa shape index (κ2) is 6.62. The molecule has 0 radical (unpaired) electrons. The molecular formula is C36H22. The Kier molecular flexibility index (Phi) is 3.47.